The highest BCUT2D eigenvalue weighted by molar-refractivity contribution is 14.1. The summed E-state index contributed by atoms with van der Waals surface area (Å²) in [4.78, 5) is 23.9. The molecule has 0 saturated heterocycles. The van der Waals surface area contributed by atoms with Crippen LogP contribution < -0.4 is 20.2 Å². The molecule has 0 atom stereocenters. The number of halogens is 2. The number of rotatable bonds is 9. The lowest BCUT2D eigenvalue weighted by atomic mass is 10.2. The van der Waals surface area contributed by atoms with E-state index in [-0.39, 0.29) is 6.42 Å². The third-order valence-electron chi connectivity index (χ3n) is 3.47. The van der Waals surface area contributed by atoms with Crippen molar-refractivity contribution >= 4 is 62.2 Å². The van der Waals surface area contributed by atoms with E-state index in [1.165, 1.54) is 6.21 Å². The number of hydrogen-bond donors (Lipinski definition) is 2. The van der Waals surface area contributed by atoms with Gasteiger partial charge in [-0.1, -0.05) is 24.8 Å². The van der Waals surface area contributed by atoms with E-state index in [2.05, 4.69) is 60.9 Å². The molecule has 2 aromatic carbocycles. The van der Waals surface area contributed by atoms with Crippen molar-refractivity contribution in [2.45, 2.75) is 6.42 Å². The predicted molar refractivity (Wildman–Crippen MR) is 125 cm³/mol. The largest absolute Gasteiger partial charge is 0.493 e. The SMILES string of the molecule is C=CCOc1c(I)cc(C=NNC(=O)CC(=O)Nc2ccccc2Br)cc1OC. The van der Waals surface area contributed by atoms with Crippen LogP contribution in [0.1, 0.15) is 12.0 Å². The maximum Gasteiger partial charge on any atom is 0.249 e. The van der Waals surface area contributed by atoms with Crippen LogP contribution in [0, 0.1) is 3.57 Å². The van der Waals surface area contributed by atoms with E-state index in [9.17, 15) is 9.59 Å². The third kappa shape index (κ3) is 7.17. The monoisotopic (exact) mass is 571 g/mol. The fraction of sp³-hybridized carbons (Fsp3) is 0.150. The van der Waals surface area contributed by atoms with Crippen LogP contribution in [0.25, 0.3) is 0 Å². The molecule has 0 unspecified atom stereocenters. The summed E-state index contributed by atoms with van der Waals surface area (Å²) in [5.41, 5.74) is 3.63. The average Bonchev–Trinajstić information content (AvgIpc) is 2.68. The Bertz CT molecular complexity index is 934. The highest BCUT2D eigenvalue weighted by Crippen LogP contribution is 2.33. The molecule has 0 fully saturated rings. The lowest BCUT2D eigenvalue weighted by Gasteiger charge is -2.12. The van der Waals surface area contributed by atoms with E-state index < -0.39 is 11.8 Å². The van der Waals surface area contributed by atoms with E-state index in [1.807, 2.05) is 12.1 Å². The van der Waals surface area contributed by atoms with Gasteiger partial charge < -0.3 is 14.8 Å². The highest BCUT2D eigenvalue weighted by atomic mass is 127. The Hall–Kier alpha value is -2.40. The molecule has 0 spiro atoms. The van der Waals surface area contributed by atoms with Gasteiger partial charge in [-0.2, -0.15) is 5.10 Å². The van der Waals surface area contributed by atoms with E-state index in [1.54, 1.807) is 37.5 Å². The Balaban J connectivity index is 1.94. The molecule has 0 heterocycles. The number of benzene rings is 2. The number of methoxy groups -OCH3 is 1. The molecule has 0 saturated carbocycles. The zero-order valence-corrected chi connectivity index (χ0v) is 19.3. The normalized spacial score (nSPS) is 10.4. The molecule has 0 aliphatic carbocycles. The molecule has 2 rings (SSSR count). The number of ether oxygens (including phenoxy) is 2. The second-order valence-corrected chi connectivity index (χ2v) is 7.65. The van der Waals surface area contributed by atoms with Gasteiger partial charge in [-0.05, 0) is 68.3 Å². The second-order valence-electron chi connectivity index (χ2n) is 5.63. The first-order chi connectivity index (χ1) is 13.9. The molecule has 0 bridgehead atoms. The van der Waals surface area contributed by atoms with Crippen molar-refractivity contribution in [1.82, 2.24) is 5.43 Å². The van der Waals surface area contributed by atoms with E-state index in [0.29, 0.717) is 29.4 Å². The number of nitrogens with zero attached hydrogens (tertiary/aromatic N) is 1. The van der Waals surface area contributed by atoms with Gasteiger partial charge in [0, 0.05) is 4.47 Å². The first kappa shape index (κ1) is 22.9. The fourth-order valence-electron chi connectivity index (χ4n) is 2.22. The summed E-state index contributed by atoms with van der Waals surface area (Å²) in [5.74, 6) is 0.181. The van der Waals surface area contributed by atoms with E-state index in [4.69, 9.17) is 9.47 Å². The maximum atomic E-state index is 12.0. The smallest absolute Gasteiger partial charge is 0.249 e. The van der Waals surface area contributed by atoms with Crippen LogP contribution in [-0.2, 0) is 9.59 Å². The van der Waals surface area contributed by atoms with Crippen LogP contribution in [0.3, 0.4) is 0 Å². The molecule has 7 nitrogen and oxygen atoms in total. The van der Waals surface area contributed by atoms with Gasteiger partial charge in [-0.3, -0.25) is 9.59 Å². The Kier molecular flexibility index (Phi) is 9.13. The zero-order valence-electron chi connectivity index (χ0n) is 15.6. The molecule has 0 aliphatic heterocycles. The quantitative estimate of drug-likeness (QED) is 0.156. The Morgan fingerprint density at radius 2 is 2.03 bits per heavy atom. The summed E-state index contributed by atoms with van der Waals surface area (Å²) >= 11 is 5.46. The Labute approximate surface area is 190 Å². The minimum absolute atomic E-state index is 0.353. The lowest BCUT2D eigenvalue weighted by molar-refractivity contribution is -0.126. The fourth-order valence-corrected chi connectivity index (χ4v) is 3.38. The number of hydrogen-bond acceptors (Lipinski definition) is 5. The van der Waals surface area contributed by atoms with Crippen LogP contribution >= 0.6 is 38.5 Å². The summed E-state index contributed by atoms with van der Waals surface area (Å²) in [5, 5.41) is 6.56. The lowest BCUT2D eigenvalue weighted by Crippen LogP contribution is -2.24. The number of carbonyl (C=O) groups excluding carboxylic acids is 2. The van der Waals surface area contributed by atoms with Crippen molar-refractivity contribution < 1.29 is 19.1 Å². The van der Waals surface area contributed by atoms with Crippen molar-refractivity contribution in [3.05, 3.63) is 62.7 Å². The van der Waals surface area contributed by atoms with Crippen molar-refractivity contribution in [3.63, 3.8) is 0 Å². The molecular weight excluding hydrogens is 553 g/mol. The molecule has 9 heteroatoms. The predicted octanol–water partition coefficient (Wildman–Crippen LogP) is 4.11. The van der Waals surface area contributed by atoms with Gasteiger partial charge in [0.2, 0.25) is 11.8 Å². The molecule has 2 amide bonds. The van der Waals surface area contributed by atoms with Crippen molar-refractivity contribution in [3.8, 4) is 11.5 Å². The number of para-hydroxylation sites is 1. The minimum Gasteiger partial charge on any atom is -0.493 e. The molecule has 0 aliphatic rings. The highest BCUT2D eigenvalue weighted by Gasteiger charge is 2.12. The molecule has 0 aromatic heterocycles. The van der Waals surface area contributed by atoms with Gasteiger partial charge >= 0.3 is 0 Å². The van der Waals surface area contributed by atoms with Crippen LogP contribution in [0.5, 0.6) is 11.5 Å². The van der Waals surface area contributed by atoms with Crippen molar-refractivity contribution in [2.75, 3.05) is 19.0 Å². The molecule has 152 valence electrons. The minimum atomic E-state index is -0.529. The van der Waals surface area contributed by atoms with Crippen molar-refractivity contribution in [1.29, 1.82) is 0 Å². The van der Waals surface area contributed by atoms with Gasteiger partial charge in [0.15, 0.2) is 11.5 Å². The van der Waals surface area contributed by atoms with E-state index >= 15 is 0 Å². The number of nitrogens with one attached hydrogen (secondary N) is 2. The number of hydrazone groups is 1. The first-order valence-electron chi connectivity index (χ1n) is 8.42. The van der Waals surface area contributed by atoms with E-state index in [0.717, 1.165) is 8.04 Å². The van der Waals surface area contributed by atoms with Gasteiger partial charge in [-0.25, -0.2) is 5.43 Å². The summed E-state index contributed by atoms with van der Waals surface area (Å²) in [7, 11) is 1.54. The molecule has 2 N–H and O–H groups in total. The van der Waals surface area contributed by atoms with Gasteiger partial charge in [-0.15, -0.1) is 0 Å². The summed E-state index contributed by atoms with van der Waals surface area (Å²) in [6, 6.07) is 10.7. The summed E-state index contributed by atoms with van der Waals surface area (Å²) in [6.07, 6.45) is 2.76. The van der Waals surface area contributed by atoms with Gasteiger partial charge in [0.05, 0.1) is 22.6 Å². The first-order valence-corrected chi connectivity index (χ1v) is 10.3. The van der Waals surface area contributed by atoms with Crippen LogP contribution in [0.4, 0.5) is 5.69 Å². The van der Waals surface area contributed by atoms with Crippen LogP contribution in [0.15, 0.2) is 58.6 Å². The topological polar surface area (TPSA) is 89.0 Å². The molecule has 0 radical (unpaired) electrons. The standard InChI is InChI=1S/C20H19BrIN3O4/c1-3-8-29-20-15(22)9-13(10-17(20)28-2)12-23-25-19(27)11-18(26)24-16-7-5-4-6-14(16)21/h3-7,9-10,12H,1,8,11H2,2H3,(H,24,26)(H,25,27). The van der Waals surface area contributed by atoms with Crippen LogP contribution in [-0.4, -0.2) is 31.7 Å². The summed E-state index contributed by atoms with van der Waals surface area (Å²) < 4.78 is 12.5. The molecule has 29 heavy (non-hydrogen) atoms. The Morgan fingerprint density at radius 3 is 2.72 bits per heavy atom. The summed E-state index contributed by atoms with van der Waals surface area (Å²) in [6.45, 7) is 3.98. The number of amides is 2. The van der Waals surface area contributed by atoms with Gasteiger partial charge in [0.25, 0.3) is 0 Å². The molecule has 2 aromatic rings. The molecular formula is C20H19BrIN3O4. The van der Waals surface area contributed by atoms with Crippen molar-refractivity contribution in [2.24, 2.45) is 5.10 Å². The average molecular weight is 572 g/mol. The zero-order chi connectivity index (χ0) is 21.2. The second kappa shape index (κ2) is 11.6. The Morgan fingerprint density at radius 1 is 1.28 bits per heavy atom. The number of carbonyl (C=O) groups is 2. The maximum absolute atomic E-state index is 12.0. The number of anilines is 1. The van der Waals surface area contributed by atoms with Crippen LogP contribution in [0.2, 0.25) is 0 Å². The third-order valence-corrected chi connectivity index (χ3v) is 4.96. The van der Waals surface area contributed by atoms with Gasteiger partial charge in [0.1, 0.15) is 13.0 Å².